The van der Waals surface area contributed by atoms with Crippen molar-refractivity contribution in [1.82, 2.24) is 4.57 Å². The van der Waals surface area contributed by atoms with E-state index in [1.165, 1.54) is 7.11 Å². The number of methoxy groups -OCH3 is 1. The van der Waals surface area contributed by atoms with Crippen molar-refractivity contribution in [2.24, 2.45) is 7.05 Å². The van der Waals surface area contributed by atoms with Crippen molar-refractivity contribution in [2.75, 3.05) is 7.11 Å². The van der Waals surface area contributed by atoms with E-state index in [4.69, 9.17) is 4.74 Å². The average Bonchev–Trinajstić information content (AvgIpc) is 2.89. The van der Waals surface area contributed by atoms with Gasteiger partial charge in [-0.2, -0.15) is 5.26 Å². The lowest BCUT2D eigenvalue weighted by molar-refractivity contribution is -0.140. The predicted octanol–water partition coefficient (Wildman–Crippen LogP) is 3.63. The van der Waals surface area contributed by atoms with Crippen LogP contribution in [0.3, 0.4) is 0 Å². The molecule has 1 atom stereocenters. The van der Waals surface area contributed by atoms with Gasteiger partial charge in [-0.25, -0.2) is 0 Å². The maximum atomic E-state index is 12.1. The molecule has 1 heterocycles. The van der Waals surface area contributed by atoms with Crippen molar-refractivity contribution in [1.29, 1.82) is 5.26 Å². The van der Waals surface area contributed by atoms with E-state index in [9.17, 15) is 10.1 Å². The lowest BCUT2D eigenvalue weighted by Gasteiger charge is -2.11. The molecule has 0 saturated heterocycles. The van der Waals surface area contributed by atoms with Crippen LogP contribution in [0.25, 0.3) is 22.2 Å². The summed E-state index contributed by atoms with van der Waals surface area (Å²) in [6, 6.07) is 19.6. The van der Waals surface area contributed by atoms with Gasteiger partial charge in [-0.3, -0.25) is 4.79 Å². The summed E-state index contributed by atoms with van der Waals surface area (Å²) in [5.41, 5.74) is 3.50. The zero-order valence-electron chi connectivity index (χ0n) is 13.0. The van der Waals surface area contributed by atoms with Gasteiger partial charge in [0.1, 0.15) is 0 Å². The molecule has 3 aromatic rings. The second kappa shape index (κ2) is 5.98. The largest absolute Gasteiger partial charge is 0.468 e. The van der Waals surface area contributed by atoms with Crippen LogP contribution in [0.15, 0.2) is 54.6 Å². The molecular weight excluding hydrogens is 288 g/mol. The standard InChI is InChI=1S/C19H16N2O2/c1-21-16-11-7-6-10-14(16)17(15(12-20)19(22)23-2)18(21)13-8-4-3-5-9-13/h3-11,15H,1-2H3. The summed E-state index contributed by atoms with van der Waals surface area (Å²) in [6.45, 7) is 0. The average molecular weight is 304 g/mol. The summed E-state index contributed by atoms with van der Waals surface area (Å²) in [6.07, 6.45) is 0. The highest BCUT2D eigenvalue weighted by Gasteiger charge is 2.29. The van der Waals surface area contributed by atoms with E-state index in [1.807, 2.05) is 66.2 Å². The summed E-state index contributed by atoms with van der Waals surface area (Å²) in [4.78, 5) is 12.1. The summed E-state index contributed by atoms with van der Waals surface area (Å²) >= 11 is 0. The van der Waals surface area contributed by atoms with E-state index < -0.39 is 11.9 Å². The molecule has 1 unspecified atom stereocenters. The van der Waals surface area contributed by atoms with Gasteiger partial charge in [0.15, 0.2) is 5.92 Å². The minimum absolute atomic E-state index is 0.541. The van der Waals surface area contributed by atoms with Gasteiger partial charge in [0.05, 0.1) is 18.9 Å². The Morgan fingerprint density at radius 2 is 1.78 bits per heavy atom. The second-order valence-electron chi connectivity index (χ2n) is 5.29. The number of fused-ring (bicyclic) bond motifs is 1. The summed E-state index contributed by atoms with van der Waals surface area (Å²) in [5.74, 6) is -1.50. The highest BCUT2D eigenvalue weighted by atomic mass is 16.5. The Morgan fingerprint density at radius 3 is 2.43 bits per heavy atom. The van der Waals surface area contributed by atoms with Crippen LogP contribution >= 0.6 is 0 Å². The lowest BCUT2D eigenvalue weighted by atomic mass is 9.94. The SMILES string of the molecule is COC(=O)C(C#N)c1c(-c2ccccc2)n(C)c2ccccc12. The van der Waals surface area contributed by atoms with Crippen molar-refractivity contribution in [2.45, 2.75) is 5.92 Å². The van der Waals surface area contributed by atoms with Crippen molar-refractivity contribution in [3.05, 3.63) is 60.2 Å². The first-order valence-electron chi connectivity index (χ1n) is 7.29. The summed E-state index contributed by atoms with van der Waals surface area (Å²) in [5, 5.41) is 10.5. The van der Waals surface area contributed by atoms with Crippen molar-refractivity contribution >= 4 is 16.9 Å². The van der Waals surface area contributed by atoms with Crippen LogP contribution in [-0.4, -0.2) is 17.6 Å². The van der Waals surface area contributed by atoms with Crippen LogP contribution in [-0.2, 0) is 16.6 Å². The van der Waals surface area contributed by atoms with Crippen molar-refractivity contribution < 1.29 is 9.53 Å². The molecule has 0 amide bonds. The monoisotopic (exact) mass is 304 g/mol. The second-order valence-corrected chi connectivity index (χ2v) is 5.29. The number of carbonyl (C=O) groups is 1. The quantitative estimate of drug-likeness (QED) is 0.694. The number of hydrogen-bond acceptors (Lipinski definition) is 3. The molecule has 0 spiro atoms. The molecule has 3 rings (SSSR count). The number of esters is 1. The molecule has 0 aliphatic heterocycles. The van der Waals surface area contributed by atoms with E-state index in [2.05, 4.69) is 6.07 Å². The molecule has 0 N–H and O–H groups in total. The molecule has 4 nitrogen and oxygen atoms in total. The van der Waals surface area contributed by atoms with Gasteiger partial charge >= 0.3 is 5.97 Å². The Kier molecular flexibility index (Phi) is 3.86. The fourth-order valence-corrected chi connectivity index (χ4v) is 3.01. The first-order chi connectivity index (χ1) is 11.2. The van der Waals surface area contributed by atoms with Crippen LogP contribution in [0.2, 0.25) is 0 Å². The van der Waals surface area contributed by atoms with Gasteiger partial charge in [0.25, 0.3) is 0 Å². The highest BCUT2D eigenvalue weighted by Crippen LogP contribution is 2.38. The summed E-state index contributed by atoms with van der Waals surface area (Å²) in [7, 11) is 3.25. The first-order valence-corrected chi connectivity index (χ1v) is 7.29. The highest BCUT2D eigenvalue weighted by molar-refractivity contribution is 5.98. The van der Waals surface area contributed by atoms with Gasteiger partial charge in [0, 0.05) is 23.5 Å². The van der Waals surface area contributed by atoms with Crippen molar-refractivity contribution in [3.8, 4) is 17.3 Å². The molecule has 0 aliphatic rings. The number of hydrogen-bond donors (Lipinski definition) is 0. The molecule has 114 valence electrons. The third-order valence-electron chi connectivity index (χ3n) is 4.05. The number of rotatable bonds is 3. The number of benzene rings is 2. The minimum Gasteiger partial charge on any atom is -0.468 e. The molecule has 0 radical (unpaired) electrons. The van der Waals surface area contributed by atoms with E-state index in [-0.39, 0.29) is 0 Å². The molecule has 4 heteroatoms. The van der Waals surface area contributed by atoms with E-state index >= 15 is 0 Å². The zero-order valence-corrected chi connectivity index (χ0v) is 13.0. The van der Waals surface area contributed by atoms with Gasteiger partial charge in [0.2, 0.25) is 0 Å². The van der Waals surface area contributed by atoms with Gasteiger partial charge in [-0.15, -0.1) is 0 Å². The first kappa shape index (κ1) is 14.9. The Hall–Kier alpha value is -3.06. The molecule has 2 aromatic carbocycles. The number of carbonyl (C=O) groups excluding carboxylic acids is 1. The Bertz CT molecular complexity index is 904. The number of aryl methyl sites for hydroxylation is 1. The van der Waals surface area contributed by atoms with Gasteiger partial charge < -0.3 is 9.30 Å². The fraction of sp³-hybridized carbons (Fsp3) is 0.158. The van der Waals surface area contributed by atoms with Crippen LogP contribution in [0, 0.1) is 11.3 Å². The number of aromatic nitrogens is 1. The molecular formula is C19H16N2O2. The molecule has 0 saturated carbocycles. The number of para-hydroxylation sites is 1. The van der Waals surface area contributed by atoms with Crippen LogP contribution < -0.4 is 0 Å². The van der Waals surface area contributed by atoms with Gasteiger partial charge in [-0.1, -0.05) is 48.5 Å². The zero-order chi connectivity index (χ0) is 16.4. The van der Waals surface area contributed by atoms with E-state index in [1.54, 1.807) is 0 Å². The number of nitriles is 1. The predicted molar refractivity (Wildman–Crippen MR) is 88.7 cm³/mol. The maximum Gasteiger partial charge on any atom is 0.327 e. The lowest BCUT2D eigenvalue weighted by Crippen LogP contribution is -2.13. The summed E-state index contributed by atoms with van der Waals surface area (Å²) < 4.78 is 6.86. The normalized spacial score (nSPS) is 11.9. The number of nitrogens with zero attached hydrogens (tertiary/aromatic N) is 2. The third kappa shape index (κ3) is 2.36. The number of ether oxygens (including phenoxy) is 1. The molecule has 23 heavy (non-hydrogen) atoms. The smallest absolute Gasteiger partial charge is 0.327 e. The Morgan fingerprint density at radius 1 is 1.13 bits per heavy atom. The molecule has 0 aliphatic carbocycles. The maximum absolute atomic E-state index is 12.1. The minimum atomic E-state index is -0.957. The molecule has 0 bridgehead atoms. The fourth-order valence-electron chi connectivity index (χ4n) is 3.01. The van der Waals surface area contributed by atoms with E-state index in [0.29, 0.717) is 5.56 Å². The Balaban J connectivity index is 2.39. The third-order valence-corrected chi connectivity index (χ3v) is 4.05. The van der Waals surface area contributed by atoms with Crippen LogP contribution in [0.5, 0.6) is 0 Å². The molecule has 0 fully saturated rings. The van der Waals surface area contributed by atoms with E-state index in [0.717, 1.165) is 22.2 Å². The van der Waals surface area contributed by atoms with Crippen LogP contribution in [0.4, 0.5) is 0 Å². The van der Waals surface area contributed by atoms with Crippen molar-refractivity contribution in [3.63, 3.8) is 0 Å². The Labute approximate surface area is 134 Å². The topological polar surface area (TPSA) is 55.0 Å². The van der Waals surface area contributed by atoms with Gasteiger partial charge in [-0.05, 0) is 11.6 Å². The molecule has 1 aromatic heterocycles. The van der Waals surface area contributed by atoms with Crippen LogP contribution in [0.1, 0.15) is 11.5 Å².